The summed E-state index contributed by atoms with van der Waals surface area (Å²) in [6, 6.07) is 16.3. The third-order valence-electron chi connectivity index (χ3n) is 3.83. The molecule has 96 valence electrons. The number of hydrogen-bond acceptors (Lipinski definition) is 1. The maximum Gasteiger partial charge on any atom is 0.171 e. The van der Waals surface area contributed by atoms with E-state index in [4.69, 9.17) is 0 Å². The Kier molecular flexibility index (Phi) is 3.69. The van der Waals surface area contributed by atoms with Crippen molar-refractivity contribution in [2.45, 2.75) is 25.2 Å². The van der Waals surface area contributed by atoms with Crippen molar-refractivity contribution in [1.82, 2.24) is 0 Å². The van der Waals surface area contributed by atoms with Gasteiger partial charge in [0.1, 0.15) is 0 Å². The predicted molar refractivity (Wildman–Crippen MR) is 85.6 cm³/mol. The molecule has 0 saturated heterocycles. The van der Waals surface area contributed by atoms with Crippen LogP contribution in [0.3, 0.4) is 0 Å². The Morgan fingerprint density at radius 3 is 2.63 bits per heavy atom. The SMILES string of the molecule is O=C(c1ccccc1I)C1CCCc2ccccc21. The highest BCUT2D eigenvalue weighted by molar-refractivity contribution is 14.1. The summed E-state index contributed by atoms with van der Waals surface area (Å²) in [5, 5.41) is 0. The average molecular weight is 362 g/mol. The van der Waals surface area contributed by atoms with Gasteiger partial charge in [-0.1, -0.05) is 42.5 Å². The van der Waals surface area contributed by atoms with Gasteiger partial charge in [-0.05, 0) is 59.0 Å². The summed E-state index contributed by atoms with van der Waals surface area (Å²) in [6.45, 7) is 0. The van der Waals surface area contributed by atoms with E-state index in [0.29, 0.717) is 0 Å². The number of ketones is 1. The Labute approximate surface area is 127 Å². The quantitative estimate of drug-likeness (QED) is 0.564. The summed E-state index contributed by atoms with van der Waals surface area (Å²) >= 11 is 2.25. The molecule has 1 unspecified atom stereocenters. The highest BCUT2D eigenvalue weighted by atomic mass is 127. The number of rotatable bonds is 2. The molecule has 19 heavy (non-hydrogen) atoms. The van der Waals surface area contributed by atoms with E-state index in [-0.39, 0.29) is 11.7 Å². The minimum atomic E-state index is 0.0425. The molecule has 1 aliphatic rings. The third kappa shape index (κ3) is 2.46. The Morgan fingerprint density at radius 1 is 1.05 bits per heavy atom. The van der Waals surface area contributed by atoms with Crippen molar-refractivity contribution in [2.24, 2.45) is 0 Å². The van der Waals surface area contributed by atoms with Gasteiger partial charge in [-0.15, -0.1) is 0 Å². The molecule has 2 aromatic rings. The van der Waals surface area contributed by atoms with Gasteiger partial charge in [-0.3, -0.25) is 4.79 Å². The van der Waals surface area contributed by atoms with Crippen LogP contribution in [0, 0.1) is 3.57 Å². The smallest absolute Gasteiger partial charge is 0.171 e. The molecule has 0 amide bonds. The fraction of sp³-hybridized carbons (Fsp3) is 0.235. The molecular weight excluding hydrogens is 347 g/mol. The zero-order valence-electron chi connectivity index (χ0n) is 10.6. The third-order valence-corrected chi connectivity index (χ3v) is 4.77. The minimum Gasteiger partial charge on any atom is -0.293 e. The molecule has 1 atom stereocenters. The Hall–Kier alpha value is -1.16. The number of halogens is 1. The van der Waals surface area contributed by atoms with E-state index in [2.05, 4.69) is 40.8 Å². The lowest BCUT2D eigenvalue weighted by Gasteiger charge is -2.24. The second kappa shape index (κ2) is 5.45. The largest absolute Gasteiger partial charge is 0.293 e. The molecule has 0 saturated carbocycles. The first-order valence-corrected chi connectivity index (χ1v) is 7.72. The van der Waals surface area contributed by atoms with E-state index < -0.39 is 0 Å². The van der Waals surface area contributed by atoms with E-state index in [1.165, 1.54) is 11.1 Å². The van der Waals surface area contributed by atoms with Crippen LogP contribution in [0.1, 0.15) is 40.2 Å². The van der Waals surface area contributed by atoms with Gasteiger partial charge < -0.3 is 0 Å². The van der Waals surface area contributed by atoms with Gasteiger partial charge in [0, 0.05) is 15.1 Å². The van der Waals surface area contributed by atoms with E-state index >= 15 is 0 Å². The lowest BCUT2D eigenvalue weighted by molar-refractivity contribution is 0.0950. The van der Waals surface area contributed by atoms with Crippen LogP contribution >= 0.6 is 22.6 Å². The van der Waals surface area contributed by atoms with Gasteiger partial charge in [0.2, 0.25) is 0 Å². The Bertz CT molecular complexity index is 618. The molecular formula is C17H15IO. The van der Waals surface area contributed by atoms with Crippen molar-refractivity contribution in [3.8, 4) is 0 Å². The molecule has 0 radical (unpaired) electrons. The number of fused-ring (bicyclic) bond motifs is 1. The van der Waals surface area contributed by atoms with Crippen LogP contribution in [0.15, 0.2) is 48.5 Å². The van der Waals surface area contributed by atoms with Gasteiger partial charge in [-0.2, -0.15) is 0 Å². The first-order chi connectivity index (χ1) is 9.27. The zero-order valence-corrected chi connectivity index (χ0v) is 12.8. The molecule has 3 rings (SSSR count). The fourth-order valence-electron chi connectivity index (χ4n) is 2.88. The van der Waals surface area contributed by atoms with E-state index in [1.54, 1.807) is 0 Å². The molecule has 0 aliphatic heterocycles. The summed E-state index contributed by atoms with van der Waals surface area (Å²) in [5.41, 5.74) is 3.45. The first kappa shape index (κ1) is 12.9. The van der Waals surface area contributed by atoms with E-state index in [1.807, 2.05) is 30.3 Å². The van der Waals surface area contributed by atoms with Crippen molar-refractivity contribution in [2.75, 3.05) is 0 Å². The highest BCUT2D eigenvalue weighted by Gasteiger charge is 2.27. The van der Waals surface area contributed by atoms with Crippen LogP contribution in [0.4, 0.5) is 0 Å². The van der Waals surface area contributed by atoms with Crippen LogP contribution in [-0.2, 0) is 6.42 Å². The van der Waals surface area contributed by atoms with Gasteiger partial charge in [0.15, 0.2) is 5.78 Å². The fourth-order valence-corrected chi connectivity index (χ4v) is 3.53. The minimum absolute atomic E-state index is 0.0425. The molecule has 0 heterocycles. The predicted octanol–water partition coefficient (Wildman–Crippen LogP) is 4.59. The second-order valence-electron chi connectivity index (χ2n) is 4.99. The van der Waals surface area contributed by atoms with Crippen LogP contribution in [0.25, 0.3) is 0 Å². The van der Waals surface area contributed by atoms with Crippen molar-refractivity contribution >= 4 is 28.4 Å². The Morgan fingerprint density at radius 2 is 1.79 bits per heavy atom. The van der Waals surface area contributed by atoms with Crippen molar-refractivity contribution < 1.29 is 4.79 Å². The zero-order chi connectivity index (χ0) is 13.2. The van der Waals surface area contributed by atoms with Crippen LogP contribution in [-0.4, -0.2) is 5.78 Å². The monoisotopic (exact) mass is 362 g/mol. The number of carbonyl (C=O) groups is 1. The van der Waals surface area contributed by atoms with E-state index in [9.17, 15) is 4.79 Å². The maximum atomic E-state index is 12.8. The Balaban J connectivity index is 2.00. The molecule has 0 spiro atoms. The second-order valence-corrected chi connectivity index (χ2v) is 6.15. The lowest BCUT2D eigenvalue weighted by Crippen LogP contribution is -2.19. The van der Waals surface area contributed by atoms with Crippen molar-refractivity contribution in [3.63, 3.8) is 0 Å². The van der Waals surface area contributed by atoms with Crippen molar-refractivity contribution in [3.05, 3.63) is 68.8 Å². The van der Waals surface area contributed by atoms with Crippen LogP contribution in [0.5, 0.6) is 0 Å². The highest BCUT2D eigenvalue weighted by Crippen LogP contribution is 2.34. The van der Waals surface area contributed by atoms with Crippen LogP contribution < -0.4 is 0 Å². The molecule has 2 heteroatoms. The topological polar surface area (TPSA) is 17.1 Å². The molecule has 1 aliphatic carbocycles. The number of hydrogen-bond donors (Lipinski definition) is 0. The molecule has 0 fully saturated rings. The summed E-state index contributed by atoms with van der Waals surface area (Å²) in [4.78, 5) is 12.8. The van der Waals surface area contributed by atoms with Gasteiger partial charge in [0.25, 0.3) is 0 Å². The number of aryl methyl sites for hydroxylation is 1. The van der Waals surface area contributed by atoms with E-state index in [0.717, 1.165) is 28.4 Å². The molecule has 2 aromatic carbocycles. The summed E-state index contributed by atoms with van der Waals surface area (Å²) in [5.74, 6) is 0.318. The molecule has 0 bridgehead atoms. The number of carbonyl (C=O) groups excluding carboxylic acids is 1. The number of Topliss-reactive ketones (excluding diaryl/α,β-unsaturated/α-hetero) is 1. The number of benzene rings is 2. The molecule has 1 nitrogen and oxygen atoms in total. The summed E-state index contributed by atoms with van der Waals surface area (Å²) < 4.78 is 1.05. The molecule has 0 N–H and O–H groups in total. The lowest BCUT2D eigenvalue weighted by atomic mass is 9.79. The standard InChI is InChI=1S/C17H15IO/c18-16-11-4-3-9-15(16)17(19)14-10-5-7-12-6-1-2-8-13(12)14/h1-4,6,8-9,11,14H,5,7,10H2. The van der Waals surface area contributed by atoms with Gasteiger partial charge in [-0.25, -0.2) is 0 Å². The summed E-state index contributed by atoms with van der Waals surface area (Å²) in [6.07, 6.45) is 3.18. The maximum absolute atomic E-state index is 12.8. The van der Waals surface area contributed by atoms with Crippen molar-refractivity contribution in [1.29, 1.82) is 0 Å². The van der Waals surface area contributed by atoms with Gasteiger partial charge in [0.05, 0.1) is 0 Å². The molecule has 0 aromatic heterocycles. The van der Waals surface area contributed by atoms with Crippen LogP contribution in [0.2, 0.25) is 0 Å². The van der Waals surface area contributed by atoms with Gasteiger partial charge >= 0.3 is 0 Å². The normalized spacial score (nSPS) is 17.8. The first-order valence-electron chi connectivity index (χ1n) is 6.64. The average Bonchev–Trinajstić information content (AvgIpc) is 2.46. The summed E-state index contributed by atoms with van der Waals surface area (Å²) in [7, 11) is 0.